The van der Waals surface area contributed by atoms with Crippen LogP contribution in [0.25, 0.3) is 0 Å². The third-order valence-electron chi connectivity index (χ3n) is 3.23. The molecule has 1 aromatic heterocycles. The summed E-state index contributed by atoms with van der Waals surface area (Å²) in [5, 5.41) is 8.27. The molecule has 5 nitrogen and oxygen atoms in total. The number of esters is 1. The fraction of sp³-hybridized carbons (Fsp3) is 0.750. The van der Waals surface area contributed by atoms with Crippen LogP contribution in [0.5, 0.6) is 0 Å². The van der Waals surface area contributed by atoms with Gasteiger partial charge < -0.3 is 9.30 Å². The van der Waals surface area contributed by atoms with Crippen LogP contribution in [-0.4, -0.2) is 27.3 Å². The maximum Gasteiger partial charge on any atom is 0.319 e. The molecule has 0 bridgehead atoms. The van der Waals surface area contributed by atoms with Gasteiger partial charge in [0.15, 0.2) is 5.82 Å². The van der Waals surface area contributed by atoms with E-state index in [9.17, 15) is 4.79 Å². The topological polar surface area (TPSA) is 57.0 Å². The summed E-state index contributed by atoms with van der Waals surface area (Å²) in [6.45, 7) is 7.13. The summed E-state index contributed by atoms with van der Waals surface area (Å²) in [7, 11) is 0. The number of aryl methyl sites for hydroxylation is 1. The molecule has 0 spiro atoms. The van der Waals surface area contributed by atoms with Gasteiger partial charge in [0, 0.05) is 6.54 Å². The van der Waals surface area contributed by atoms with Crippen molar-refractivity contribution in [1.29, 1.82) is 0 Å². The van der Waals surface area contributed by atoms with Crippen molar-refractivity contribution >= 4 is 5.97 Å². The van der Waals surface area contributed by atoms with Crippen molar-refractivity contribution in [1.82, 2.24) is 14.8 Å². The highest BCUT2D eigenvalue weighted by Gasteiger charge is 2.56. The summed E-state index contributed by atoms with van der Waals surface area (Å²) < 4.78 is 7.19. The molecule has 0 saturated heterocycles. The van der Waals surface area contributed by atoms with Crippen LogP contribution in [0.15, 0.2) is 0 Å². The second kappa shape index (κ2) is 4.47. The third kappa shape index (κ3) is 1.94. The van der Waals surface area contributed by atoms with Gasteiger partial charge in [-0.15, -0.1) is 10.2 Å². The van der Waals surface area contributed by atoms with Gasteiger partial charge in [-0.25, -0.2) is 0 Å². The molecule has 0 aliphatic heterocycles. The van der Waals surface area contributed by atoms with Crippen LogP contribution in [0.1, 0.15) is 44.8 Å². The summed E-state index contributed by atoms with van der Waals surface area (Å²) >= 11 is 0. The van der Waals surface area contributed by atoms with Crippen molar-refractivity contribution in [3.63, 3.8) is 0 Å². The number of ether oxygens (including phenoxy) is 1. The molecule has 1 aliphatic carbocycles. The van der Waals surface area contributed by atoms with Crippen LogP contribution in [0, 0.1) is 6.92 Å². The predicted octanol–water partition coefficient (Wildman–Crippen LogP) is 1.59. The number of aromatic nitrogens is 3. The van der Waals surface area contributed by atoms with Crippen molar-refractivity contribution in [3.8, 4) is 0 Å². The van der Waals surface area contributed by atoms with Crippen molar-refractivity contribution < 1.29 is 9.53 Å². The Labute approximate surface area is 101 Å². The number of hydrogen-bond donors (Lipinski definition) is 0. The molecule has 0 unspecified atom stereocenters. The molecular weight excluding hydrogens is 218 g/mol. The van der Waals surface area contributed by atoms with Gasteiger partial charge in [-0.05, 0) is 33.1 Å². The van der Waals surface area contributed by atoms with Gasteiger partial charge in [-0.1, -0.05) is 6.92 Å². The fourth-order valence-corrected chi connectivity index (χ4v) is 2.14. The van der Waals surface area contributed by atoms with Crippen molar-refractivity contribution in [3.05, 3.63) is 11.6 Å². The van der Waals surface area contributed by atoms with Crippen LogP contribution < -0.4 is 0 Å². The molecule has 1 saturated carbocycles. The van der Waals surface area contributed by atoms with E-state index in [0.717, 1.165) is 37.5 Å². The van der Waals surface area contributed by atoms with Crippen molar-refractivity contribution in [2.75, 3.05) is 6.61 Å². The quantitative estimate of drug-likeness (QED) is 0.730. The van der Waals surface area contributed by atoms with E-state index in [1.807, 2.05) is 18.4 Å². The van der Waals surface area contributed by atoms with Gasteiger partial charge in [0.05, 0.1) is 6.61 Å². The number of hydrogen-bond acceptors (Lipinski definition) is 4. The molecule has 1 fully saturated rings. The SMILES string of the molecule is CCCn1c(C)nnc1C1(C(=O)OCC)CC1. The van der Waals surface area contributed by atoms with E-state index in [1.54, 1.807) is 0 Å². The Kier molecular flexibility index (Phi) is 3.17. The highest BCUT2D eigenvalue weighted by Crippen LogP contribution is 2.48. The summed E-state index contributed by atoms with van der Waals surface area (Å²) in [6, 6.07) is 0. The van der Waals surface area contributed by atoms with Crippen LogP contribution in [0.3, 0.4) is 0 Å². The molecule has 5 heteroatoms. The zero-order chi connectivity index (χ0) is 12.5. The van der Waals surface area contributed by atoms with Gasteiger partial charge in [0.2, 0.25) is 0 Å². The van der Waals surface area contributed by atoms with Crippen molar-refractivity contribution in [2.45, 2.75) is 52.0 Å². The normalized spacial score (nSPS) is 16.9. The van der Waals surface area contributed by atoms with E-state index in [-0.39, 0.29) is 5.97 Å². The Balaban J connectivity index is 2.30. The Bertz CT molecular complexity index is 421. The smallest absolute Gasteiger partial charge is 0.319 e. The van der Waals surface area contributed by atoms with E-state index in [2.05, 4.69) is 17.1 Å². The first kappa shape index (κ1) is 12.1. The average molecular weight is 237 g/mol. The van der Waals surface area contributed by atoms with E-state index in [1.165, 1.54) is 0 Å². The molecule has 1 heterocycles. The van der Waals surface area contributed by atoms with E-state index in [4.69, 9.17) is 4.74 Å². The van der Waals surface area contributed by atoms with Gasteiger partial charge in [0.1, 0.15) is 11.2 Å². The predicted molar refractivity (Wildman–Crippen MR) is 62.6 cm³/mol. The van der Waals surface area contributed by atoms with E-state index in [0.29, 0.717) is 6.61 Å². The fourth-order valence-electron chi connectivity index (χ4n) is 2.14. The average Bonchev–Trinajstić information content (AvgIpc) is 3.03. The standard InChI is InChI=1S/C12H19N3O2/c1-4-8-15-9(3)13-14-10(15)12(6-7-12)11(16)17-5-2/h4-8H2,1-3H3. The highest BCUT2D eigenvalue weighted by atomic mass is 16.5. The minimum atomic E-state index is -0.508. The molecule has 1 aromatic rings. The van der Waals surface area contributed by atoms with Gasteiger partial charge >= 0.3 is 5.97 Å². The van der Waals surface area contributed by atoms with Gasteiger partial charge in [-0.3, -0.25) is 4.79 Å². The lowest BCUT2D eigenvalue weighted by Gasteiger charge is -2.15. The Morgan fingerprint density at radius 3 is 2.65 bits per heavy atom. The van der Waals surface area contributed by atoms with Gasteiger partial charge in [-0.2, -0.15) is 0 Å². The molecule has 1 aliphatic rings. The lowest BCUT2D eigenvalue weighted by Crippen LogP contribution is -2.27. The Morgan fingerprint density at radius 1 is 1.41 bits per heavy atom. The van der Waals surface area contributed by atoms with Gasteiger partial charge in [0.25, 0.3) is 0 Å². The molecular formula is C12H19N3O2. The molecule has 0 aromatic carbocycles. The zero-order valence-electron chi connectivity index (χ0n) is 10.7. The first-order valence-corrected chi connectivity index (χ1v) is 6.23. The van der Waals surface area contributed by atoms with Crippen LogP contribution in [0.4, 0.5) is 0 Å². The van der Waals surface area contributed by atoms with Crippen LogP contribution in [0.2, 0.25) is 0 Å². The Hall–Kier alpha value is -1.39. The lowest BCUT2D eigenvalue weighted by atomic mass is 10.1. The van der Waals surface area contributed by atoms with Crippen LogP contribution in [-0.2, 0) is 21.5 Å². The molecule has 94 valence electrons. The minimum absolute atomic E-state index is 0.148. The van der Waals surface area contributed by atoms with E-state index >= 15 is 0 Å². The summed E-state index contributed by atoms with van der Waals surface area (Å²) in [5.74, 6) is 1.51. The number of carbonyl (C=O) groups is 1. The monoisotopic (exact) mass is 237 g/mol. The number of carbonyl (C=O) groups excluding carboxylic acids is 1. The first-order valence-electron chi connectivity index (χ1n) is 6.23. The second-order valence-corrected chi connectivity index (χ2v) is 4.53. The second-order valence-electron chi connectivity index (χ2n) is 4.53. The maximum atomic E-state index is 12.0. The maximum absolute atomic E-state index is 12.0. The molecule has 0 radical (unpaired) electrons. The summed E-state index contributed by atoms with van der Waals surface area (Å²) in [6.07, 6.45) is 2.66. The summed E-state index contributed by atoms with van der Waals surface area (Å²) in [4.78, 5) is 12.0. The zero-order valence-corrected chi connectivity index (χ0v) is 10.7. The molecule has 0 amide bonds. The third-order valence-corrected chi connectivity index (χ3v) is 3.23. The van der Waals surface area contributed by atoms with Crippen molar-refractivity contribution in [2.24, 2.45) is 0 Å². The number of rotatable bonds is 5. The molecule has 0 N–H and O–H groups in total. The largest absolute Gasteiger partial charge is 0.465 e. The van der Waals surface area contributed by atoms with Crippen LogP contribution >= 0.6 is 0 Å². The van der Waals surface area contributed by atoms with E-state index < -0.39 is 5.41 Å². The highest BCUT2D eigenvalue weighted by molar-refractivity contribution is 5.85. The molecule has 17 heavy (non-hydrogen) atoms. The lowest BCUT2D eigenvalue weighted by molar-refractivity contribution is -0.146. The number of nitrogens with zero attached hydrogens (tertiary/aromatic N) is 3. The molecule has 2 rings (SSSR count). The Morgan fingerprint density at radius 2 is 2.12 bits per heavy atom. The molecule has 0 atom stereocenters. The summed E-state index contributed by atoms with van der Waals surface area (Å²) in [5.41, 5.74) is -0.508. The minimum Gasteiger partial charge on any atom is -0.465 e. The first-order chi connectivity index (χ1) is 8.15.